The lowest BCUT2D eigenvalue weighted by Gasteiger charge is -2.10. The quantitative estimate of drug-likeness (QED) is 0.850. The summed E-state index contributed by atoms with van der Waals surface area (Å²) in [6, 6.07) is 14.2. The van der Waals surface area contributed by atoms with Crippen LogP contribution in [0.1, 0.15) is 12.5 Å². The number of amides is 2. The van der Waals surface area contributed by atoms with Gasteiger partial charge in [-0.25, -0.2) is 4.79 Å². The highest BCUT2D eigenvalue weighted by Gasteiger charge is 2.06. The van der Waals surface area contributed by atoms with E-state index in [-0.39, 0.29) is 12.5 Å². The number of rotatable bonds is 6. The summed E-state index contributed by atoms with van der Waals surface area (Å²) >= 11 is 0. The first-order valence-corrected chi connectivity index (χ1v) is 7.60. The number of hydrogen-bond acceptors (Lipinski definition) is 4. The van der Waals surface area contributed by atoms with Gasteiger partial charge in [-0.05, 0) is 38.1 Å². The molecule has 2 aromatic carbocycles. The van der Waals surface area contributed by atoms with E-state index in [2.05, 4.69) is 10.6 Å². The summed E-state index contributed by atoms with van der Waals surface area (Å²) in [4.78, 5) is 23.3. The first-order valence-electron chi connectivity index (χ1n) is 7.60. The zero-order valence-corrected chi connectivity index (χ0v) is 13.7. The average Bonchev–Trinajstić information content (AvgIpc) is 2.56. The molecule has 6 heteroatoms. The van der Waals surface area contributed by atoms with E-state index in [0.29, 0.717) is 23.7 Å². The van der Waals surface area contributed by atoms with Gasteiger partial charge in [0, 0.05) is 17.4 Å². The minimum atomic E-state index is -0.535. The van der Waals surface area contributed by atoms with Crippen LogP contribution in [0.25, 0.3) is 0 Å². The Bertz CT molecular complexity index is 698. The van der Waals surface area contributed by atoms with Gasteiger partial charge in [-0.15, -0.1) is 0 Å². The van der Waals surface area contributed by atoms with Gasteiger partial charge < -0.3 is 14.8 Å². The molecule has 0 atom stereocenters. The molecule has 0 aliphatic rings. The van der Waals surface area contributed by atoms with E-state index in [1.165, 1.54) is 0 Å². The van der Waals surface area contributed by atoms with Crippen molar-refractivity contribution in [2.24, 2.45) is 0 Å². The van der Waals surface area contributed by atoms with Crippen molar-refractivity contribution in [3.05, 3.63) is 54.1 Å². The lowest BCUT2D eigenvalue weighted by molar-refractivity contribution is -0.118. The molecule has 0 aromatic heterocycles. The molecule has 126 valence electrons. The SMILES string of the molecule is CCOC(=O)Nc1cccc(OCC(=O)Nc2ccc(C)cc2)c1. The lowest BCUT2D eigenvalue weighted by Crippen LogP contribution is -2.20. The molecular formula is C18H20N2O4. The Balaban J connectivity index is 1.86. The van der Waals surface area contributed by atoms with Crippen LogP contribution in [0.3, 0.4) is 0 Å². The largest absolute Gasteiger partial charge is 0.484 e. The first kappa shape index (κ1) is 17.3. The molecule has 0 aliphatic carbocycles. The Morgan fingerprint density at radius 2 is 1.75 bits per heavy atom. The fourth-order valence-corrected chi connectivity index (χ4v) is 1.93. The molecule has 24 heavy (non-hydrogen) atoms. The van der Waals surface area contributed by atoms with Gasteiger partial charge in [0.15, 0.2) is 6.61 Å². The third-order valence-electron chi connectivity index (χ3n) is 3.06. The fraction of sp³-hybridized carbons (Fsp3) is 0.222. The van der Waals surface area contributed by atoms with E-state index < -0.39 is 6.09 Å². The zero-order chi connectivity index (χ0) is 17.4. The number of hydrogen-bond donors (Lipinski definition) is 2. The van der Waals surface area contributed by atoms with E-state index in [4.69, 9.17) is 9.47 Å². The number of nitrogens with one attached hydrogen (secondary N) is 2. The molecule has 0 fully saturated rings. The van der Waals surface area contributed by atoms with Crippen molar-refractivity contribution in [1.82, 2.24) is 0 Å². The van der Waals surface area contributed by atoms with Gasteiger partial charge in [-0.3, -0.25) is 10.1 Å². The maximum absolute atomic E-state index is 11.9. The van der Waals surface area contributed by atoms with Crippen LogP contribution < -0.4 is 15.4 Å². The normalized spacial score (nSPS) is 9.92. The smallest absolute Gasteiger partial charge is 0.411 e. The van der Waals surface area contributed by atoms with Gasteiger partial charge >= 0.3 is 6.09 Å². The molecule has 6 nitrogen and oxygen atoms in total. The highest BCUT2D eigenvalue weighted by molar-refractivity contribution is 5.91. The molecule has 2 N–H and O–H groups in total. The monoisotopic (exact) mass is 328 g/mol. The number of carbonyl (C=O) groups excluding carboxylic acids is 2. The molecule has 2 aromatic rings. The maximum Gasteiger partial charge on any atom is 0.411 e. The van der Waals surface area contributed by atoms with Crippen LogP contribution in [0.15, 0.2) is 48.5 Å². The maximum atomic E-state index is 11.9. The summed E-state index contributed by atoms with van der Waals surface area (Å²) in [6.45, 7) is 3.87. The minimum Gasteiger partial charge on any atom is -0.484 e. The third kappa shape index (κ3) is 5.64. The molecule has 0 saturated carbocycles. The molecule has 0 bridgehead atoms. The molecule has 0 unspecified atom stereocenters. The Hall–Kier alpha value is -3.02. The highest BCUT2D eigenvalue weighted by Crippen LogP contribution is 2.17. The summed E-state index contributed by atoms with van der Waals surface area (Å²) in [5.41, 5.74) is 2.37. The zero-order valence-electron chi connectivity index (χ0n) is 13.7. The number of benzene rings is 2. The van der Waals surface area contributed by atoms with Crippen LogP contribution in [0.2, 0.25) is 0 Å². The second-order valence-electron chi connectivity index (χ2n) is 5.08. The Morgan fingerprint density at radius 3 is 2.46 bits per heavy atom. The van der Waals surface area contributed by atoms with Gasteiger partial charge in [0.05, 0.1) is 6.61 Å². The van der Waals surface area contributed by atoms with Gasteiger partial charge in [-0.1, -0.05) is 23.8 Å². The molecule has 2 rings (SSSR count). The number of ether oxygens (including phenoxy) is 2. The summed E-state index contributed by atoms with van der Waals surface area (Å²) in [5.74, 6) is 0.214. The molecule has 0 radical (unpaired) electrons. The standard InChI is InChI=1S/C18H20N2O4/c1-3-23-18(22)20-15-5-4-6-16(11-15)24-12-17(21)19-14-9-7-13(2)8-10-14/h4-11H,3,12H2,1-2H3,(H,19,21)(H,20,22). The second kappa shape index (κ2) is 8.57. The van der Waals surface area contributed by atoms with Crippen LogP contribution in [-0.2, 0) is 9.53 Å². The van der Waals surface area contributed by atoms with Gasteiger partial charge in [0.25, 0.3) is 5.91 Å². The molecule has 0 spiro atoms. The van der Waals surface area contributed by atoms with Crippen molar-refractivity contribution in [3.63, 3.8) is 0 Å². The van der Waals surface area contributed by atoms with E-state index >= 15 is 0 Å². The topological polar surface area (TPSA) is 76.7 Å². The lowest BCUT2D eigenvalue weighted by atomic mass is 10.2. The van der Waals surface area contributed by atoms with E-state index in [1.807, 2.05) is 31.2 Å². The van der Waals surface area contributed by atoms with Gasteiger partial charge in [0.1, 0.15) is 5.75 Å². The third-order valence-corrected chi connectivity index (χ3v) is 3.06. The Morgan fingerprint density at radius 1 is 1.00 bits per heavy atom. The molecule has 0 saturated heterocycles. The number of anilines is 2. The van der Waals surface area contributed by atoms with Crippen molar-refractivity contribution >= 4 is 23.4 Å². The van der Waals surface area contributed by atoms with Crippen LogP contribution in [0.5, 0.6) is 5.75 Å². The van der Waals surface area contributed by atoms with Crippen LogP contribution in [-0.4, -0.2) is 25.2 Å². The predicted molar refractivity (Wildman–Crippen MR) is 92.4 cm³/mol. The number of aryl methyl sites for hydroxylation is 1. The highest BCUT2D eigenvalue weighted by atomic mass is 16.5. The second-order valence-corrected chi connectivity index (χ2v) is 5.08. The van der Waals surface area contributed by atoms with Crippen molar-refractivity contribution < 1.29 is 19.1 Å². The van der Waals surface area contributed by atoms with E-state index in [0.717, 1.165) is 5.56 Å². The van der Waals surface area contributed by atoms with Crippen LogP contribution >= 0.6 is 0 Å². The van der Waals surface area contributed by atoms with E-state index in [1.54, 1.807) is 31.2 Å². The van der Waals surface area contributed by atoms with Gasteiger partial charge in [-0.2, -0.15) is 0 Å². The van der Waals surface area contributed by atoms with Crippen LogP contribution in [0.4, 0.5) is 16.2 Å². The summed E-state index contributed by atoms with van der Waals surface area (Å²) in [6.07, 6.45) is -0.535. The molecular weight excluding hydrogens is 308 g/mol. The first-order chi connectivity index (χ1) is 11.6. The van der Waals surface area contributed by atoms with Crippen LogP contribution in [0, 0.1) is 6.92 Å². The van der Waals surface area contributed by atoms with Crippen molar-refractivity contribution in [2.45, 2.75) is 13.8 Å². The Kier molecular flexibility index (Phi) is 6.19. The Labute approximate surface area is 140 Å². The summed E-state index contributed by atoms with van der Waals surface area (Å²) in [7, 11) is 0. The fourth-order valence-electron chi connectivity index (χ4n) is 1.93. The molecule has 0 aliphatic heterocycles. The van der Waals surface area contributed by atoms with Crippen molar-refractivity contribution in [3.8, 4) is 5.75 Å². The molecule has 2 amide bonds. The van der Waals surface area contributed by atoms with Gasteiger partial charge in [0.2, 0.25) is 0 Å². The summed E-state index contributed by atoms with van der Waals surface area (Å²) in [5, 5.41) is 5.32. The predicted octanol–water partition coefficient (Wildman–Crippen LogP) is 3.58. The molecule has 0 heterocycles. The van der Waals surface area contributed by atoms with E-state index in [9.17, 15) is 9.59 Å². The van der Waals surface area contributed by atoms with Crippen molar-refractivity contribution in [1.29, 1.82) is 0 Å². The average molecular weight is 328 g/mol. The number of carbonyl (C=O) groups is 2. The summed E-state index contributed by atoms with van der Waals surface area (Å²) < 4.78 is 10.2. The minimum absolute atomic E-state index is 0.128. The van der Waals surface area contributed by atoms with Crippen molar-refractivity contribution in [2.75, 3.05) is 23.8 Å².